The van der Waals surface area contributed by atoms with Gasteiger partial charge in [0.15, 0.2) is 0 Å². The van der Waals surface area contributed by atoms with Gasteiger partial charge in [-0.3, -0.25) is 0 Å². The first kappa shape index (κ1) is 14.2. The maximum absolute atomic E-state index is 9.07. The van der Waals surface area contributed by atoms with Crippen LogP contribution in [-0.2, 0) is 0 Å². The van der Waals surface area contributed by atoms with E-state index in [1.54, 1.807) is 0 Å². The van der Waals surface area contributed by atoms with Gasteiger partial charge in [-0.2, -0.15) is 0 Å². The molecule has 0 saturated heterocycles. The average Bonchev–Trinajstić information content (AvgIpc) is 2.14. The van der Waals surface area contributed by atoms with Crippen molar-refractivity contribution in [3.63, 3.8) is 0 Å². The van der Waals surface area contributed by atoms with Gasteiger partial charge in [-0.1, -0.05) is 25.5 Å². The Labute approximate surface area is 94.2 Å². The molecule has 0 aliphatic heterocycles. The van der Waals surface area contributed by atoms with Gasteiger partial charge in [0.2, 0.25) is 0 Å². The first-order valence-corrected chi connectivity index (χ1v) is 5.55. The Bertz CT molecular complexity index is 272. The quantitative estimate of drug-likeness (QED) is 0.537. The van der Waals surface area contributed by atoms with E-state index in [4.69, 9.17) is 5.11 Å². The van der Waals surface area contributed by atoms with E-state index in [1.807, 2.05) is 19.9 Å². The predicted molar refractivity (Wildman–Crippen MR) is 66.8 cm³/mol. The van der Waals surface area contributed by atoms with Gasteiger partial charge in [0, 0.05) is 5.41 Å². The topological polar surface area (TPSA) is 20.2 Å². The maximum Gasteiger partial charge on any atom is 0.0522 e. The van der Waals surface area contributed by atoms with Gasteiger partial charge in [0.1, 0.15) is 0 Å². The molecule has 0 aliphatic carbocycles. The molecular formula is C14H24O. The number of aliphatic hydroxyl groups is 1. The normalized spacial score (nSPS) is 10.5. The van der Waals surface area contributed by atoms with Gasteiger partial charge in [-0.05, 0) is 45.3 Å². The summed E-state index contributed by atoms with van der Waals surface area (Å²) in [4.78, 5) is 0. The van der Waals surface area contributed by atoms with Crippen LogP contribution in [-0.4, -0.2) is 11.7 Å². The molecule has 15 heavy (non-hydrogen) atoms. The second-order valence-corrected chi connectivity index (χ2v) is 5.04. The number of hydrogen-bond acceptors (Lipinski definition) is 1. The molecular weight excluding hydrogens is 184 g/mol. The highest BCUT2D eigenvalue weighted by Crippen LogP contribution is 2.15. The lowest BCUT2D eigenvalue weighted by Crippen LogP contribution is -2.12. The zero-order valence-electron chi connectivity index (χ0n) is 10.7. The smallest absolute Gasteiger partial charge is 0.0522 e. The molecule has 0 amide bonds. The summed E-state index contributed by atoms with van der Waals surface area (Å²) in [5.41, 5.74) is 5.70. The Morgan fingerprint density at radius 3 is 2.33 bits per heavy atom. The van der Waals surface area contributed by atoms with E-state index < -0.39 is 0 Å². The van der Waals surface area contributed by atoms with Crippen LogP contribution in [0.25, 0.3) is 0 Å². The van der Waals surface area contributed by atoms with Gasteiger partial charge < -0.3 is 5.11 Å². The van der Waals surface area contributed by atoms with Gasteiger partial charge in [-0.25, -0.2) is 0 Å². The Morgan fingerprint density at radius 2 is 1.87 bits per heavy atom. The fourth-order valence-electron chi connectivity index (χ4n) is 1.01. The average molecular weight is 208 g/mol. The Hall–Kier alpha value is -0.780. The van der Waals surface area contributed by atoms with E-state index in [9.17, 15) is 0 Å². The number of allylic oxidation sites excluding steroid dienone is 2. The summed E-state index contributed by atoms with van der Waals surface area (Å²) in [6, 6.07) is 0. The number of hydrogen-bond donors (Lipinski definition) is 1. The highest BCUT2D eigenvalue weighted by molar-refractivity contribution is 5.05. The van der Waals surface area contributed by atoms with E-state index in [2.05, 4.69) is 32.6 Å². The molecule has 1 N–H and O–H groups in total. The first-order valence-electron chi connectivity index (χ1n) is 5.55. The minimum Gasteiger partial charge on any atom is -0.395 e. The molecule has 1 heteroatoms. The summed E-state index contributed by atoms with van der Waals surface area (Å²) in [6.07, 6.45) is 6.32. The van der Waals surface area contributed by atoms with Gasteiger partial charge in [0.25, 0.3) is 0 Å². The van der Waals surface area contributed by atoms with Crippen molar-refractivity contribution in [1.82, 2.24) is 0 Å². The first-order chi connectivity index (χ1) is 6.87. The third kappa shape index (κ3) is 8.23. The summed E-state index contributed by atoms with van der Waals surface area (Å²) < 4.78 is 0. The molecule has 86 valence electrons. The van der Waals surface area contributed by atoms with E-state index >= 15 is 0 Å². The molecule has 0 spiro atoms. The molecule has 1 nitrogen and oxygen atoms in total. The van der Waals surface area contributed by atoms with Crippen LogP contribution in [0.1, 0.15) is 47.5 Å². The SMILES string of the molecule is CC(=C=CC(C)(C)CO)CCC=C(C)C. The molecule has 0 bridgehead atoms. The van der Waals surface area contributed by atoms with Crippen molar-refractivity contribution in [1.29, 1.82) is 0 Å². The molecule has 0 rings (SSSR count). The molecule has 0 heterocycles. The van der Waals surface area contributed by atoms with Crippen LogP contribution in [0.4, 0.5) is 0 Å². The highest BCUT2D eigenvalue weighted by Gasteiger charge is 2.10. The lowest BCUT2D eigenvalue weighted by molar-refractivity contribution is 0.200. The van der Waals surface area contributed by atoms with Crippen LogP contribution < -0.4 is 0 Å². The van der Waals surface area contributed by atoms with E-state index in [1.165, 1.54) is 11.1 Å². The summed E-state index contributed by atoms with van der Waals surface area (Å²) in [6.45, 7) is 10.5. The van der Waals surface area contributed by atoms with Gasteiger partial charge in [-0.15, -0.1) is 5.73 Å². The molecule has 0 unspecified atom stereocenters. The summed E-state index contributed by atoms with van der Waals surface area (Å²) in [5.74, 6) is 0. The lowest BCUT2D eigenvalue weighted by Gasteiger charge is -2.13. The Balaban J connectivity index is 4.26. The van der Waals surface area contributed by atoms with Gasteiger partial charge >= 0.3 is 0 Å². The second-order valence-electron chi connectivity index (χ2n) is 5.04. The third-order valence-electron chi connectivity index (χ3n) is 2.19. The molecule has 0 aliphatic rings. The third-order valence-corrected chi connectivity index (χ3v) is 2.19. The van der Waals surface area contributed by atoms with Crippen LogP contribution in [0.2, 0.25) is 0 Å². The van der Waals surface area contributed by atoms with Crippen LogP contribution in [0.5, 0.6) is 0 Å². The summed E-state index contributed by atoms with van der Waals surface area (Å²) in [5, 5.41) is 9.07. The lowest BCUT2D eigenvalue weighted by atomic mass is 9.94. The van der Waals surface area contributed by atoms with Crippen molar-refractivity contribution < 1.29 is 5.11 Å². The molecule has 0 radical (unpaired) electrons. The zero-order chi connectivity index (χ0) is 11.9. The van der Waals surface area contributed by atoms with Gasteiger partial charge in [0.05, 0.1) is 6.61 Å². The fraction of sp³-hybridized carbons (Fsp3) is 0.643. The number of aliphatic hydroxyl groups excluding tert-OH is 1. The van der Waals surface area contributed by atoms with Crippen LogP contribution in [0.15, 0.2) is 29.0 Å². The Morgan fingerprint density at radius 1 is 1.27 bits per heavy atom. The molecule has 0 aromatic carbocycles. The monoisotopic (exact) mass is 208 g/mol. The Kier molecular flexibility index (Phi) is 6.31. The molecule has 0 saturated carbocycles. The van der Waals surface area contributed by atoms with Crippen molar-refractivity contribution in [2.45, 2.75) is 47.5 Å². The van der Waals surface area contributed by atoms with Crippen LogP contribution in [0.3, 0.4) is 0 Å². The summed E-state index contributed by atoms with van der Waals surface area (Å²) >= 11 is 0. The maximum atomic E-state index is 9.07. The van der Waals surface area contributed by atoms with Crippen molar-refractivity contribution in [3.05, 3.63) is 29.0 Å². The molecule has 0 aromatic heterocycles. The minimum atomic E-state index is -0.155. The molecule has 0 atom stereocenters. The van der Waals surface area contributed by atoms with E-state index in [-0.39, 0.29) is 12.0 Å². The minimum absolute atomic E-state index is 0.155. The zero-order valence-corrected chi connectivity index (χ0v) is 10.7. The van der Waals surface area contributed by atoms with Crippen molar-refractivity contribution in [2.75, 3.05) is 6.61 Å². The van der Waals surface area contributed by atoms with Crippen LogP contribution in [0, 0.1) is 5.41 Å². The number of rotatable bonds is 5. The fourth-order valence-corrected chi connectivity index (χ4v) is 1.01. The molecule has 0 aromatic rings. The van der Waals surface area contributed by atoms with Crippen molar-refractivity contribution in [2.24, 2.45) is 5.41 Å². The highest BCUT2D eigenvalue weighted by atomic mass is 16.3. The summed E-state index contributed by atoms with van der Waals surface area (Å²) in [7, 11) is 0. The second kappa shape index (κ2) is 6.66. The molecule has 0 fully saturated rings. The largest absolute Gasteiger partial charge is 0.395 e. The van der Waals surface area contributed by atoms with E-state index in [0.29, 0.717) is 0 Å². The van der Waals surface area contributed by atoms with Crippen molar-refractivity contribution in [3.8, 4) is 0 Å². The van der Waals surface area contributed by atoms with Crippen LogP contribution >= 0.6 is 0 Å². The predicted octanol–water partition coefficient (Wildman–Crippen LogP) is 3.85. The van der Waals surface area contributed by atoms with Crippen molar-refractivity contribution >= 4 is 0 Å². The van der Waals surface area contributed by atoms with E-state index in [0.717, 1.165) is 12.8 Å². The standard InChI is InChI=1S/C14H24O/c1-12(2)7-6-8-13(3)9-10-14(4,5)11-15/h7,10,15H,6,8,11H2,1-5H3.